The molecule has 1 atom stereocenters. The molecule has 1 aliphatic carbocycles. The van der Waals surface area contributed by atoms with E-state index in [9.17, 15) is 4.79 Å². The van der Waals surface area contributed by atoms with E-state index in [0.29, 0.717) is 12.3 Å². The molecule has 0 bridgehead atoms. The fourth-order valence-corrected chi connectivity index (χ4v) is 3.10. The first-order chi connectivity index (χ1) is 9.16. The Hall–Kier alpha value is -1.35. The Labute approximate surface area is 114 Å². The lowest BCUT2D eigenvalue weighted by atomic mass is 9.97. The van der Waals surface area contributed by atoms with E-state index in [1.165, 1.54) is 24.0 Å². The van der Waals surface area contributed by atoms with Gasteiger partial charge in [-0.15, -0.1) is 0 Å². The number of nitrogens with zero attached hydrogens (tertiary/aromatic N) is 1. The van der Waals surface area contributed by atoms with Gasteiger partial charge in [0, 0.05) is 24.7 Å². The van der Waals surface area contributed by atoms with Gasteiger partial charge in [0.1, 0.15) is 0 Å². The highest BCUT2D eigenvalue weighted by Gasteiger charge is 2.32. The molecule has 1 aromatic carbocycles. The Morgan fingerprint density at radius 3 is 3.00 bits per heavy atom. The van der Waals surface area contributed by atoms with Crippen molar-refractivity contribution in [2.24, 2.45) is 11.7 Å². The van der Waals surface area contributed by atoms with Crippen LogP contribution in [0.5, 0.6) is 0 Å². The molecule has 1 aromatic rings. The summed E-state index contributed by atoms with van der Waals surface area (Å²) in [6.07, 6.45) is 5.03. The fraction of sp³-hybridized carbons (Fsp3) is 0.562. The molecule has 0 spiro atoms. The molecule has 2 aliphatic rings. The molecule has 0 saturated heterocycles. The van der Waals surface area contributed by atoms with Crippen molar-refractivity contribution in [3.63, 3.8) is 0 Å². The Morgan fingerprint density at radius 1 is 1.47 bits per heavy atom. The van der Waals surface area contributed by atoms with E-state index in [1.54, 1.807) is 0 Å². The number of benzene rings is 1. The van der Waals surface area contributed by atoms with Crippen LogP contribution >= 0.6 is 0 Å². The highest BCUT2D eigenvalue weighted by Crippen LogP contribution is 2.35. The molecule has 3 heteroatoms. The van der Waals surface area contributed by atoms with Crippen LogP contribution in [-0.4, -0.2) is 18.5 Å². The predicted octanol–water partition coefficient (Wildman–Crippen LogP) is 2.40. The number of rotatable bonds is 3. The molecular weight excluding hydrogens is 236 g/mol. The van der Waals surface area contributed by atoms with Gasteiger partial charge in [0.2, 0.25) is 5.91 Å². The van der Waals surface area contributed by atoms with Crippen LogP contribution in [0.2, 0.25) is 0 Å². The van der Waals surface area contributed by atoms with Gasteiger partial charge in [-0.2, -0.15) is 0 Å². The first-order valence-electron chi connectivity index (χ1n) is 7.31. The Kier molecular flexibility index (Phi) is 3.31. The van der Waals surface area contributed by atoms with Gasteiger partial charge in [-0.05, 0) is 49.7 Å². The van der Waals surface area contributed by atoms with Crippen molar-refractivity contribution in [2.45, 2.75) is 45.1 Å². The monoisotopic (exact) mass is 258 g/mol. The minimum absolute atomic E-state index is 0.0573. The largest absolute Gasteiger partial charge is 0.327 e. The molecular formula is C16H22N2O. The van der Waals surface area contributed by atoms with Gasteiger partial charge in [-0.3, -0.25) is 4.79 Å². The summed E-state index contributed by atoms with van der Waals surface area (Å²) in [5.41, 5.74) is 9.74. The van der Waals surface area contributed by atoms with Crippen LogP contribution in [0.1, 0.15) is 36.8 Å². The number of fused-ring (bicyclic) bond motifs is 1. The Morgan fingerprint density at radius 2 is 2.26 bits per heavy atom. The van der Waals surface area contributed by atoms with Crippen LogP contribution in [-0.2, 0) is 11.2 Å². The average molecular weight is 258 g/mol. The number of carbonyl (C=O) groups excluding carboxylic acids is 1. The smallest absolute Gasteiger partial charge is 0.228 e. The fourth-order valence-electron chi connectivity index (χ4n) is 3.10. The minimum Gasteiger partial charge on any atom is -0.327 e. The van der Waals surface area contributed by atoms with Gasteiger partial charge >= 0.3 is 0 Å². The number of anilines is 1. The summed E-state index contributed by atoms with van der Waals surface area (Å²) in [5.74, 6) is 0.791. The van der Waals surface area contributed by atoms with Crippen molar-refractivity contribution in [3.8, 4) is 0 Å². The Balaban J connectivity index is 1.80. The lowest BCUT2D eigenvalue weighted by Gasteiger charge is -2.32. The highest BCUT2D eigenvalue weighted by molar-refractivity contribution is 5.95. The van der Waals surface area contributed by atoms with E-state index >= 15 is 0 Å². The molecule has 3 rings (SSSR count). The van der Waals surface area contributed by atoms with Crippen LogP contribution in [0.3, 0.4) is 0 Å². The molecule has 1 aliphatic heterocycles. The van der Waals surface area contributed by atoms with Crippen molar-refractivity contribution in [3.05, 3.63) is 29.3 Å². The zero-order valence-corrected chi connectivity index (χ0v) is 11.6. The molecule has 1 fully saturated rings. The second kappa shape index (κ2) is 4.97. The molecule has 0 radical (unpaired) electrons. The molecule has 1 saturated carbocycles. The van der Waals surface area contributed by atoms with Gasteiger partial charge in [0.15, 0.2) is 0 Å². The van der Waals surface area contributed by atoms with Crippen LogP contribution < -0.4 is 10.6 Å². The minimum atomic E-state index is 0.0573. The number of hydrogen-bond donors (Lipinski definition) is 1. The maximum Gasteiger partial charge on any atom is 0.228 e. The molecule has 1 heterocycles. The lowest BCUT2D eigenvalue weighted by Crippen LogP contribution is -2.40. The van der Waals surface area contributed by atoms with Crippen LogP contribution in [0, 0.1) is 12.8 Å². The number of carbonyl (C=O) groups is 1. The zero-order chi connectivity index (χ0) is 13.4. The molecule has 102 valence electrons. The zero-order valence-electron chi connectivity index (χ0n) is 11.6. The van der Waals surface area contributed by atoms with Gasteiger partial charge in [-0.1, -0.05) is 18.2 Å². The highest BCUT2D eigenvalue weighted by atomic mass is 16.2. The summed E-state index contributed by atoms with van der Waals surface area (Å²) >= 11 is 0. The maximum absolute atomic E-state index is 12.5. The number of para-hydroxylation sites is 1. The number of aryl methyl sites for hydroxylation is 2. The molecule has 2 N–H and O–H groups in total. The summed E-state index contributed by atoms with van der Waals surface area (Å²) in [7, 11) is 0. The summed E-state index contributed by atoms with van der Waals surface area (Å²) in [5, 5.41) is 0. The topological polar surface area (TPSA) is 46.3 Å². The maximum atomic E-state index is 12.5. The third-order valence-electron chi connectivity index (χ3n) is 4.36. The molecule has 0 aromatic heterocycles. The second-order valence-corrected chi connectivity index (χ2v) is 5.94. The van der Waals surface area contributed by atoms with Crippen molar-refractivity contribution in [1.82, 2.24) is 0 Å². The normalized spacial score (nSPS) is 20.0. The standard InChI is InChI=1S/C16H22N2O/c1-11-4-2-5-13-6-3-9-18(16(11)13)15(19)10-14(17)12-7-8-12/h2,4-5,12,14H,3,6-10,17H2,1H3. The van der Waals surface area contributed by atoms with E-state index < -0.39 is 0 Å². The number of hydrogen-bond acceptors (Lipinski definition) is 2. The molecule has 19 heavy (non-hydrogen) atoms. The van der Waals surface area contributed by atoms with E-state index in [2.05, 4.69) is 25.1 Å². The lowest BCUT2D eigenvalue weighted by molar-refractivity contribution is -0.119. The van der Waals surface area contributed by atoms with Gasteiger partial charge < -0.3 is 10.6 Å². The quantitative estimate of drug-likeness (QED) is 0.905. The summed E-state index contributed by atoms with van der Waals surface area (Å²) in [6, 6.07) is 6.37. The first kappa shape index (κ1) is 12.7. The predicted molar refractivity (Wildman–Crippen MR) is 77.2 cm³/mol. The average Bonchev–Trinajstić information content (AvgIpc) is 3.22. The number of amides is 1. The van der Waals surface area contributed by atoms with E-state index in [4.69, 9.17) is 5.73 Å². The molecule has 1 unspecified atom stereocenters. The summed E-state index contributed by atoms with van der Waals surface area (Å²) < 4.78 is 0. The van der Waals surface area contributed by atoms with E-state index in [0.717, 1.165) is 25.1 Å². The van der Waals surface area contributed by atoms with Crippen LogP contribution in [0.25, 0.3) is 0 Å². The number of nitrogens with two attached hydrogens (primary N) is 1. The van der Waals surface area contributed by atoms with Crippen LogP contribution in [0.15, 0.2) is 18.2 Å². The van der Waals surface area contributed by atoms with Crippen molar-refractivity contribution < 1.29 is 4.79 Å². The van der Waals surface area contributed by atoms with Crippen molar-refractivity contribution in [2.75, 3.05) is 11.4 Å². The second-order valence-electron chi connectivity index (χ2n) is 5.94. The van der Waals surface area contributed by atoms with Crippen LogP contribution in [0.4, 0.5) is 5.69 Å². The third kappa shape index (κ3) is 2.52. The van der Waals surface area contributed by atoms with Gasteiger partial charge in [-0.25, -0.2) is 0 Å². The van der Waals surface area contributed by atoms with Gasteiger partial charge in [0.05, 0.1) is 0 Å². The molecule has 1 amide bonds. The summed E-state index contributed by atoms with van der Waals surface area (Å²) in [6.45, 7) is 2.93. The molecule has 3 nitrogen and oxygen atoms in total. The van der Waals surface area contributed by atoms with Gasteiger partial charge in [0.25, 0.3) is 0 Å². The van der Waals surface area contributed by atoms with Crippen molar-refractivity contribution >= 4 is 11.6 Å². The van der Waals surface area contributed by atoms with E-state index in [-0.39, 0.29) is 11.9 Å². The van der Waals surface area contributed by atoms with E-state index in [1.807, 2.05) is 4.90 Å². The third-order valence-corrected chi connectivity index (χ3v) is 4.36. The first-order valence-corrected chi connectivity index (χ1v) is 7.31. The SMILES string of the molecule is Cc1cccc2c1N(C(=O)CC(N)C1CC1)CCC2. The van der Waals surface area contributed by atoms with Crippen molar-refractivity contribution in [1.29, 1.82) is 0 Å². The summed E-state index contributed by atoms with van der Waals surface area (Å²) in [4.78, 5) is 14.5. The Bertz CT molecular complexity index is 494.